The van der Waals surface area contributed by atoms with E-state index in [0.717, 1.165) is 17.0 Å². The molecule has 2 fully saturated rings. The summed E-state index contributed by atoms with van der Waals surface area (Å²) < 4.78 is 20.4. The van der Waals surface area contributed by atoms with Crippen molar-refractivity contribution in [3.8, 4) is 0 Å². The zero-order valence-electron chi connectivity index (χ0n) is 17.4. The Morgan fingerprint density at radius 1 is 0.824 bits per heavy atom. The van der Waals surface area contributed by atoms with Crippen LogP contribution in [0.1, 0.15) is 32.4 Å². The predicted molar refractivity (Wildman–Crippen MR) is 122 cm³/mol. The Bertz CT molecular complexity index is 1380. The van der Waals surface area contributed by atoms with E-state index in [2.05, 4.69) is 15.9 Å². The molecule has 6 rings (SSSR count). The average Bonchev–Trinajstić information content (AvgIpc) is 3.40. The standard InChI is InChI=1S/C26H15BrFNO5/c27-14-5-3-4-13(12-14)21-19-20(25(33)29(24(19)32)16-10-8-15(28)9-11-16)26(34-21)22(30)17-6-1-2-7-18(17)23(26)31/h1-12,19-21H/t19-,20+,21-/m0/s1. The number of rotatable bonds is 2. The molecule has 0 bridgehead atoms. The van der Waals surface area contributed by atoms with Gasteiger partial charge in [0.2, 0.25) is 29.0 Å². The molecular weight excluding hydrogens is 505 g/mol. The van der Waals surface area contributed by atoms with Gasteiger partial charge in [-0.05, 0) is 42.0 Å². The van der Waals surface area contributed by atoms with Gasteiger partial charge >= 0.3 is 0 Å². The second-order valence-corrected chi connectivity index (χ2v) is 9.44. The van der Waals surface area contributed by atoms with Crippen LogP contribution in [0.25, 0.3) is 0 Å². The number of ether oxygens (including phenoxy) is 1. The lowest BCUT2D eigenvalue weighted by molar-refractivity contribution is -0.127. The number of ketones is 2. The first-order chi connectivity index (χ1) is 16.3. The van der Waals surface area contributed by atoms with Crippen molar-refractivity contribution in [2.45, 2.75) is 11.7 Å². The van der Waals surface area contributed by atoms with E-state index in [1.807, 2.05) is 0 Å². The van der Waals surface area contributed by atoms with Gasteiger partial charge in [-0.1, -0.05) is 52.3 Å². The minimum absolute atomic E-state index is 0.168. The Morgan fingerprint density at radius 2 is 1.47 bits per heavy atom. The number of anilines is 1. The summed E-state index contributed by atoms with van der Waals surface area (Å²) in [6, 6.07) is 18.2. The molecule has 3 aromatic carbocycles. The number of hydrogen-bond donors (Lipinski definition) is 0. The molecule has 0 saturated carbocycles. The van der Waals surface area contributed by atoms with Crippen molar-refractivity contribution in [1.29, 1.82) is 0 Å². The first-order valence-electron chi connectivity index (χ1n) is 10.6. The minimum atomic E-state index is -2.14. The SMILES string of the molecule is O=C1[C@@H]2[C@H](c3cccc(Br)c3)OC3(C(=O)c4ccccc4C3=O)[C@H]2C(=O)N1c1ccc(F)cc1. The van der Waals surface area contributed by atoms with Crippen LogP contribution < -0.4 is 4.90 Å². The van der Waals surface area contributed by atoms with E-state index in [1.165, 1.54) is 24.3 Å². The maximum Gasteiger partial charge on any atom is 0.241 e. The van der Waals surface area contributed by atoms with Gasteiger partial charge in [0.1, 0.15) is 5.82 Å². The average molecular weight is 520 g/mol. The highest BCUT2D eigenvalue weighted by molar-refractivity contribution is 9.10. The topological polar surface area (TPSA) is 80.8 Å². The highest BCUT2D eigenvalue weighted by Crippen LogP contribution is 2.57. The predicted octanol–water partition coefficient (Wildman–Crippen LogP) is 4.28. The van der Waals surface area contributed by atoms with E-state index in [-0.39, 0.29) is 16.8 Å². The molecule has 1 spiro atoms. The number of amides is 2. The zero-order chi connectivity index (χ0) is 23.8. The molecule has 1 aliphatic carbocycles. The van der Waals surface area contributed by atoms with Crippen LogP contribution in [0.15, 0.2) is 77.3 Å². The number of halogens is 2. The Kier molecular flexibility index (Phi) is 4.49. The quantitative estimate of drug-likeness (QED) is 0.372. The Labute approximate surface area is 201 Å². The first-order valence-corrected chi connectivity index (χ1v) is 11.4. The fourth-order valence-electron chi connectivity index (χ4n) is 5.35. The molecule has 0 unspecified atom stereocenters. The van der Waals surface area contributed by atoms with Crippen LogP contribution in [0.5, 0.6) is 0 Å². The molecular formula is C26H15BrFNO5. The van der Waals surface area contributed by atoms with Crippen molar-refractivity contribution in [3.63, 3.8) is 0 Å². The summed E-state index contributed by atoms with van der Waals surface area (Å²) in [5.74, 6) is -5.53. The van der Waals surface area contributed by atoms with Gasteiger partial charge in [-0.2, -0.15) is 0 Å². The zero-order valence-corrected chi connectivity index (χ0v) is 19.0. The smallest absolute Gasteiger partial charge is 0.241 e. The summed E-state index contributed by atoms with van der Waals surface area (Å²) in [6.07, 6.45) is -1.01. The molecule has 2 saturated heterocycles. The van der Waals surface area contributed by atoms with Crippen LogP contribution >= 0.6 is 15.9 Å². The van der Waals surface area contributed by atoms with Crippen molar-refractivity contribution in [2.75, 3.05) is 4.90 Å². The number of imide groups is 1. The summed E-state index contributed by atoms with van der Waals surface area (Å²) in [5.41, 5.74) is -1.07. The third kappa shape index (κ3) is 2.63. The van der Waals surface area contributed by atoms with E-state index in [1.54, 1.807) is 36.4 Å². The van der Waals surface area contributed by atoms with Gasteiger partial charge in [0.15, 0.2) is 0 Å². The Balaban J connectivity index is 1.55. The monoisotopic (exact) mass is 519 g/mol. The maximum atomic E-state index is 13.7. The molecule has 2 aliphatic heterocycles. The number of hydrogen-bond acceptors (Lipinski definition) is 5. The lowest BCUT2D eigenvalue weighted by Crippen LogP contribution is -2.51. The van der Waals surface area contributed by atoms with Crippen LogP contribution in [-0.4, -0.2) is 29.0 Å². The van der Waals surface area contributed by atoms with Gasteiger partial charge in [0.05, 0.1) is 23.6 Å². The number of Topliss-reactive ketones (excluding diaryl/α,β-unsaturated/α-hetero) is 2. The third-order valence-corrected chi connectivity index (χ3v) is 7.27. The summed E-state index contributed by atoms with van der Waals surface area (Å²) in [7, 11) is 0. The highest BCUT2D eigenvalue weighted by atomic mass is 79.9. The molecule has 0 radical (unpaired) electrons. The second-order valence-electron chi connectivity index (χ2n) is 8.52. The first kappa shape index (κ1) is 21.1. The highest BCUT2D eigenvalue weighted by Gasteiger charge is 2.74. The lowest BCUT2D eigenvalue weighted by atomic mass is 9.77. The van der Waals surface area contributed by atoms with Crippen molar-refractivity contribution in [3.05, 3.63) is 99.8 Å². The van der Waals surface area contributed by atoms with Crippen LogP contribution in [-0.2, 0) is 14.3 Å². The van der Waals surface area contributed by atoms with Crippen molar-refractivity contribution < 1.29 is 28.3 Å². The van der Waals surface area contributed by atoms with Gasteiger partial charge in [-0.3, -0.25) is 19.2 Å². The number of benzene rings is 3. The number of nitrogens with zero attached hydrogens (tertiary/aromatic N) is 1. The van der Waals surface area contributed by atoms with Crippen molar-refractivity contribution >= 4 is 45.0 Å². The van der Waals surface area contributed by atoms with E-state index < -0.39 is 52.7 Å². The molecule has 0 aromatic heterocycles. The van der Waals surface area contributed by atoms with E-state index in [4.69, 9.17) is 4.74 Å². The molecule has 2 amide bonds. The van der Waals surface area contributed by atoms with Crippen LogP contribution in [0, 0.1) is 17.7 Å². The maximum absolute atomic E-state index is 13.7. The van der Waals surface area contributed by atoms with E-state index in [0.29, 0.717) is 10.0 Å². The molecule has 6 nitrogen and oxygen atoms in total. The molecule has 3 atom stereocenters. The Morgan fingerprint density at radius 3 is 2.09 bits per heavy atom. The summed E-state index contributed by atoms with van der Waals surface area (Å²) in [6.45, 7) is 0. The minimum Gasteiger partial charge on any atom is -0.349 e. The van der Waals surface area contributed by atoms with Crippen LogP contribution in [0.2, 0.25) is 0 Å². The van der Waals surface area contributed by atoms with Gasteiger partial charge in [0.25, 0.3) is 0 Å². The molecule has 0 N–H and O–H groups in total. The number of carbonyl (C=O) groups is 4. The van der Waals surface area contributed by atoms with Crippen molar-refractivity contribution in [1.82, 2.24) is 0 Å². The van der Waals surface area contributed by atoms with Gasteiger partial charge in [-0.15, -0.1) is 0 Å². The molecule has 34 heavy (non-hydrogen) atoms. The van der Waals surface area contributed by atoms with Gasteiger partial charge < -0.3 is 4.74 Å². The Hall–Kier alpha value is -3.49. The summed E-state index contributed by atoms with van der Waals surface area (Å²) in [5, 5.41) is 0. The molecule has 3 aliphatic rings. The van der Waals surface area contributed by atoms with E-state index >= 15 is 0 Å². The summed E-state index contributed by atoms with van der Waals surface area (Å²) in [4.78, 5) is 55.7. The largest absolute Gasteiger partial charge is 0.349 e. The van der Waals surface area contributed by atoms with Gasteiger partial charge in [-0.25, -0.2) is 9.29 Å². The fraction of sp³-hybridized carbons (Fsp3) is 0.154. The van der Waals surface area contributed by atoms with Crippen LogP contribution in [0.4, 0.5) is 10.1 Å². The molecule has 3 aromatic rings. The second kappa shape index (κ2) is 7.25. The molecule has 168 valence electrons. The lowest BCUT2D eigenvalue weighted by Gasteiger charge is -2.27. The molecule has 2 heterocycles. The number of carbonyl (C=O) groups excluding carboxylic acids is 4. The van der Waals surface area contributed by atoms with Crippen molar-refractivity contribution in [2.24, 2.45) is 11.8 Å². The van der Waals surface area contributed by atoms with E-state index in [9.17, 15) is 23.6 Å². The summed E-state index contributed by atoms with van der Waals surface area (Å²) >= 11 is 3.40. The fourth-order valence-corrected chi connectivity index (χ4v) is 5.76. The van der Waals surface area contributed by atoms with Gasteiger partial charge in [0, 0.05) is 15.6 Å². The normalized spacial score (nSPS) is 24.8. The number of fused-ring (bicyclic) bond motifs is 3. The third-order valence-electron chi connectivity index (χ3n) is 6.78. The van der Waals surface area contributed by atoms with Crippen LogP contribution in [0.3, 0.4) is 0 Å². The molecule has 8 heteroatoms.